The first kappa shape index (κ1) is 18.9. The van der Waals surface area contributed by atoms with Crippen molar-refractivity contribution in [2.45, 2.75) is 18.6 Å². The van der Waals surface area contributed by atoms with E-state index < -0.39 is 23.3 Å². The van der Waals surface area contributed by atoms with Crippen LogP contribution in [0.25, 0.3) is 0 Å². The van der Waals surface area contributed by atoms with E-state index in [1.807, 2.05) is 0 Å². The predicted molar refractivity (Wildman–Crippen MR) is 96.2 cm³/mol. The van der Waals surface area contributed by atoms with Gasteiger partial charge in [-0.1, -0.05) is 0 Å². The number of hydrogen-bond acceptors (Lipinski definition) is 6. The van der Waals surface area contributed by atoms with E-state index >= 15 is 0 Å². The zero-order chi connectivity index (χ0) is 19.7. The first-order valence-electron chi connectivity index (χ1n) is 8.74. The fourth-order valence-corrected chi connectivity index (χ4v) is 3.96. The van der Waals surface area contributed by atoms with Gasteiger partial charge in [0.2, 0.25) is 0 Å². The summed E-state index contributed by atoms with van der Waals surface area (Å²) in [6, 6.07) is 2.53. The van der Waals surface area contributed by atoms with E-state index in [9.17, 15) is 18.4 Å². The number of likely N-dealkylation sites (tertiary alicyclic amines) is 1. The maximum absolute atomic E-state index is 13.3. The number of nitrogens with zero attached hydrogens (tertiary/aromatic N) is 2. The molecular weight excluding hydrogens is 392 g/mol. The standard InChI is InChI=1S/C18H17F2N3O4S/c19-12-7-11(8-13(20)9-12)15(24)22-17-21-14(10-28-17)16(25)23-3-1-18(2-4-23)26-5-6-27-18/h7-10H,1-6H2,(H,21,22,24). The van der Waals surface area contributed by atoms with Crippen LogP contribution in [-0.4, -0.2) is 53.8 Å². The zero-order valence-electron chi connectivity index (χ0n) is 14.7. The summed E-state index contributed by atoms with van der Waals surface area (Å²) in [5, 5.41) is 4.17. The molecule has 2 amide bonds. The minimum Gasteiger partial charge on any atom is -0.347 e. The van der Waals surface area contributed by atoms with Crippen LogP contribution in [0.15, 0.2) is 23.6 Å². The Bertz CT molecular complexity index is 884. The van der Waals surface area contributed by atoms with E-state index in [4.69, 9.17) is 9.47 Å². The number of ether oxygens (including phenoxy) is 2. The molecule has 0 aliphatic carbocycles. The number of halogens is 2. The fourth-order valence-electron chi connectivity index (χ4n) is 3.28. The Labute approximate surface area is 163 Å². The van der Waals surface area contributed by atoms with Crippen LogP contribution in [0, 0.1) is 11.6 Å². The van der Waals surface area contributed by atoms with Crippen LogP contribution in [0.3, 0.4) is 0 Å². The number of carbonyl (C=O) groups excluding carboxylic acids is 2. The van der Waals surface area contributed by atoms with Crippen LogP contribution in [0.4, 0.5) is 13.9 Å². The van der Waals surface area contributed by atoms with Gasteiger partial charge in [-0.15, -0.1) is 11.3 Å². The van der Waals surface area contributed by atoms with Gasteiger partial charge in [-0.2, -0.15) is 0 Å². The number of piperidine rings is 1. The summed E-state index contributed by atoms with van der Waals surface area (Å²) in [5.74, 6) is -3.22. The number of anilines is 1. The van der Waals surface area contributed by atoms with Crippen molar-refractivity contribution >= 4 is 28.3 Å². The summed E-state index contributed by atoms with van der Waals surface area (Å²) in [4.78, 5) is 30.6. The van der Waals surface area contributed by atoms with Gasteiger partial charge in [0.15, 0.2) is 10.9 Å². The number of hydrogen-bond donors (Lipinski definition) is 1. The smallest absolute Gasteiger partial charge is 0.273 e. The van der Waals surface area contributed by atoms with Gasteiger partial charge in [0, 0.05) is 42.9 Å². The fraction of sp³-hybridized carbons (Fsp3) is 0.389. The monoisotopic (exact) mass is 409 g/mol. The normalized spacial score (nSPS) is 18.4. The average Bonchev–Trinajstić information content (AvgIpc) is 3.31. The lowest BCUT2D eigenvalue weighted by molar-refractivity contribution is -0.181. The maximum Gasteiger partial charge on any atom is 0.273 e. The van der Waals surface area contributed by atoms with Gasteiger partial charge in [-0.05, 0) is 12.1 Å². The van der Waals surface area contributed by atoms with Crippen LogP contribution in [0.5, 0.6) is 0 Å². The molecule has 0 unspecified atom stereocenters. The van der Waals surface area contributed by atoms with Crippen molar-refractivity contribution in [1.82, 2.24) is 9.88 Å². The Morgan fingerprint density at radius 1 is 1.11 bits per heavy atom. The molecule has 148 valence electrons. The van der Waals surface area contributed by atoms with Crippen LogP contribution in [0.1, 0.15) is 33.7 Å². The van der Waals surface area contributed by atoms with Crippen molar-refractivity contribution in [1.29, 1.82) is 0 Å². The van der Waals surface area contributed by atoms with Gasteiger partial charge < -0.3 is 14.4 Å². The molecule has 0 radical (unpaired) electrons. The highest BCUT2D eigenvalue weighted by atomic mass is 32.1. The van der Waals surface area contributed by atoms with Gasteiger partial charge in [0.25, 0.3) is 11.8 Å². The SMILES string of the molecule is O=C(Nc1nc(C(=O)N2CCC3(CC2)OCCO3)cs1)c1cc(F)cc(F)c1. The molecule has 2 fully saturated rings. The van der Waals surface area contributed by atoms with Gasteiger partial charge in [-0.25, -0.2) is 13.8 Å². The molecule has 1 N–H and O–H groups in total. The van der Waals surface area contributed by atoms with Crippen molar-refractivity contribution in [3.05, 3.63) is 46.5 Å². The Morgan fingerprint density at radius 2 is 1.75 bits per heavy atom. The number of amides is 2. The molecule has 7 nitrogen and oxygen atoms in total. The first-order valence-corrected chi connectivity index (χ1v) is 9.62. The van der Waals surface area contributed by atoms with E-state index in [1.54, 1.807) is 4.90 Å². The van der Waals surface area contributed by atoms with Crippen LogP contribution >= 0.6 is 11.3 Å². The third-order valence-electron chi connectivity index (χ3n) is 4.69. The largest absolute Gasteiger partial charge is 0.347 e. The van der Waals surface area contributed by atoms with Gasteiger partial charge in [0.1, 0.15) is 17.3 Å². The van der Waals surface area contributed by atoms with E-state index in [0.717, 1.165) is 23.5 Å². The molecule has 2 aliphatic rings. The minimum atomic E-state index is -0.849. The Morgan fingerprint density at radius 3 is 2.39 bits per heavy atom. The highest BCUT2D eigenvalue weighted by Crippen LogP contribution is 2.32. The molecule has 4 rings (SSSR count). The molecule has 3 heterocycles. The molecular formula is C18H17F2N3O4S. The molecule has 2 aliphatic heterocycles. The van der Waals surface area contributed by atoms with Gasteiger partial charge in [0.05, 0.1) is 13.2 Å². The zero-order valence-corrected chi connectivity index (χ0v) is 15.6. The summed E-state index contributed by atoms with van der Waals surface area (Å²) < 4.78 is 37.8. The van der Waals surface area contributed by atoms with Crippen molar-refractivity contribution in [3.63, 3.8) is 0 Å². The summed E-state index contributed by atoms with van der Waals surface area (Å²) in [7, 11) is 0. The molecule has 28 heavy (non-hydrogen) atoms. The molecule has 0 atom stereocenters. The first-order chi connectivity index (χ1) is 13.4. The summed E-state index contributed by atoms with van der Waals surface area (Å²) in [6.07, 6.45) is 1.19. The molecule has 2 saturated heterocycles. The van der Waals surface area contributed by atoms with Crippen molar-refractivity contribution in [2.75, 3.05) is 31.6 Å². The second-order valence-electron chi connectivity index (χ2n) is 6.55. The highest BCUT2D eigenvalue weighted by molar-refractivity contribution is 7.14. The number of benzene rings is 1. The van der Waals surface area contributed by atoms with Crippen molar-refractivity contribution in [3.8, 4) is 0 Å². The van der Waals surface area contributed by atoms with Gasteiger partial charge >= 0.3 is 0 Å². The second kappa shape index (κ2) is 7.53. The van der Waals surface area contributed by atoms with Crippen molar-refractivity contribution in [2.24, 2.45) is 0 Å². The second-order valence-corrected chi connectivity index (χ2v) is 7.41. The molecule has 0 saturated carbocycles. The molecule has 0 bridgehead atoms. The molecule has 1 spiro atoms. The molecule has 10 heteroatoms. The average molecular weight is 409 g/mol. The van der Waals surface area contributed by atoms with E-state index in [0.29, 0.717) is 45.2 Å². The quantitative estimate of drug-likeness (QED) is 0.843. The number of aromatic nitrogens is 1. The van der Waals surface area contributed by atoms with Crippen LogP contribution in [0.2, 0.25) is 0 Å². The number of thiazole rings is 1. The lowest BCUT2D eigenvalue weighted by Gasteiger charge is -2.37. The molecule has 2 aromatic rings. The maximum atomic E-state index is 13.3. The number of rotatable bonds is 3. The van der Waals surface area contributed by atoms with Crippen LogP contribution < -0.4 is 5.32 Å². The van der Waals surface area contributed by atoms with Crippen molar-refractivity contribution < 1.29 is 27.8 Å². The summed E-state index contributed by atoms with van der Waals surface area (Å²) in [6.45, 7) is 2.11. The van der Waals surface area contributed by atoms with Gasteiger partial charge in [-0.3, -0.25) is 14.9 Å². The third kappa shape index (κ3) is 3.89. The third-order valence-corrected chi connectivity index (χ3v) is 5.45. The highest BCUT2D eigenvalue weighted by Gasteiger charge is 2.41. The van der Waals surface area contributed by atoms with E-state index in [-0.39, 0.29) is 22.3 Å². The summed E-state index contributed by atoms with van der Waals surface area (Å²) in [5.41, 5.74) is 0.0356. The topological polar surface area (TPSA) is 80.8 Å². The Balaban J connectivity index is 1.38. The van der Waals surface area contributed by atoms with E-state index in [2.05, 4.69) is 10.3 Å². The lowest BCUT2D eigenvalue weighted by atomic mass is 10.0. The molecule has 1 aromatic heterocycles. The summed E-state index contributed by atoms with van der Waals surface area (Å²) >= 11 is 1.06. The Hall–Kier alpha value is -2.43. The van der Waals surface area contributed by atoms with E-state index in [1.165, 1.54) is 5.38 Å². The minimum absolute atomic E-state index is 0.168. The lowest BCUT2D eigenvalue weighted by Crippen LogP contribution is -2.47. The number of carbonyl (C=O) groups is 2. The number of nitrogens with one attached hydrogen (secondary N) is 1. The molecule has 1 aromatic carbocycles. The predicted octanol–water partition coefficient (Wildman–Crippen LogP) is 2.65. The Kier molecular flexibility index (Phi) is 5.09. The van der Waals surface area contributed by atoms with Crippen LogP contribution in [-0.2, 0) is 9.47 Å².